The van der Waals surface area contributed by atoms with Gasteiger partial charge in [-0.3, -0.25) is 0 Å². The average Bonchev–Trinajstić information content (AvgIpc) is 3.62. The van der Waals surface area contributed by atoms with Crippen molar-refractivity contribution in [3.63, 3.8) is 0 Å². The molecule has 0 unspecified atom stereocenters. The number of alkyl halides is 6. The minimum Gasteiger partial charge on any atom is -0.476 e. The number of hydrogen-bond donors (Lipinski definition) is 0. The molecule has 4 heterocycles. The molecule has 0 saturated heterocycles. The first kappa shape index (κ1) is 39.8. The molecule has 0 radical (unpaired) electrons. The zero-order valence-corrected chi connectivity index (χ0v) is 29.3. The van der Waals surface area contributed by atoms with Crippen molar-refractivity contribution < 1.29 is 47.9 Å². The number of nitriles is 2. The second-order valence-corrected chi connectivity index (χ2v) is 15.7. The fraction of sp³-hybridized carbons (Fsp3) is 0.333. The summed E-state index contributed by atoms with van der Waals surface area (Å²) in [5.74, 6) is -0.500. The van der Waals surface area contributed by atoms with Crippen molar-refractivity contribution in [1.82, 2.24) is 29.5 Å². The van der Waals surface area contributed by atoms with E-state index in [1.807, 2.05) is 0 Å². The van der Waals surface area contributed by atoms with Crippen molar-refractivity contribution in [1.29, 1.82) is 10.5 Å². The molecule has 22 heteroatoms. The molecule has 5 rings (SSSR count). The second-order valence-electron chi connectivity index (χ2n) is 11.3. The van der Waals surface area contributed by atoms with Gasteiger partial charge in [0.1, 0.15) is 23.3 Å². The average molecular weight is 791 g/mol. The van der Waals surface area contributed by atoms with E-state index in [2.05, 4.69) is 26.7 Å². The van der Waals surface area contributed by atoms with Gasteiger partial charge >= 0.3 is 12.4 Å². The van der Waals surface area contributed by atoms with Gasteiger partial charge in [-0.2, -0.15) is 51.7 Å². The van der Waals surface area contributed by atoms with E-state index >= 15 is 0 Å². The van der Waals surface area contributed by atoms with Crippen molar-refractivity contribution in [3.05, 3.63) is 76.5 Å². The Morgan fingerprint density at radius 2 is 1.27 bits per heavy atom. The number of aromatic nitrogens is 6. The van der Waals surface area contributed by atoms with Crippen LogP contribution in [0.2, 0.25) is 5.15 Å². The maximum atomic E-state index is 13.4. The van der Waals surface area contributed by atoms with E-state index < -0.39 is 59.7 Å². The quantitative estimate of drug-likeness (QED) is 0.160. The van der Waals surface area contributed by atoms with Gasteiger partial charge in [0.15, 0.2) is 47.9 Å². The minimum atomic E-state index is -4.87. The van der Waals surface area contributed by atoms with Crippen LogP contribution < -0.4 is 4.74 Å². The van der Waals surface area contributed by atoms with Crippen LogP contribution in [0.4, 0.5) is 26.3 Å². The lowest BCUT2D eigenvalue weighted by atomic mass is 9.87. The third kappa shape index (κ3) is 9.08. The highest BCUT2D eigenvalue weighted by Crippen LogP contribution is 2.38. The summed E-state index contributed by atoms with van der Waals surface area (Å²) in [5.41, 5.74) is -3.26. The van der Waals surface area contributed by atoms with Crippen LogP contribution in [-0.2, 0) is 32.0 Å². The zero-order chi connectivity index (χ0) is 38.8. The van der Waals surface area contributed by atoms with Crippen LogP contribution in [0.15, 0.2) is 58.6 Å². The Morgan fingerprint density at radius 3 is 1.65 bits per heavy atom. The number of sulfone groups is 2. The highest BCUT2D eigenvalue weighted by Gasteiger charge is 2.41. The minimum absolute atomic E-state index is 0.0959. The van der Waals surface area contributed by atoms with Crippen LogP contribution >= 0.6 is 11.6 Å². The Hall–Kier alpha value is -4.99. The second kappa shape index (κ2) is 14.9. The van der Waals surface area contributed by atoms with Gasteiger partial charge in [0.05, 0.1) is 16.4 Å². The maximum Gasteiger partial charge on any atom is 0.436 e. The molecule has 1 fully saturated rings. The summed E-state index contributed by atoms with van der Waals surface area (Å²) >= 11 is 5.72. The number of ether oxygens (including phenoxy) is 1. The van der Waals surface area contributed by atoms with E-state index in [1.54, 1.807) is 0 Å². The maximum absolute atomic E-state index is 13.4. The molecular formula is C30H25ClF6N8O5S2. The van der Waals surface area contributed by atoms with E-state index in [0.29, 0.717) is 4.68 Å². The number of rotatable bonds is 7. The summed E-state index contributed by atoms with van der Waals surface area (Å²) in [6, 6.07) is 7.56. The molecule has 0 spiro atoms. The molecule has 0 atom stereocenters. The van der Waals surface area contributed by atoms with Gasteiger partial charge in [-0.15, -0.1) is 0 Å². The zero-order valence-electron chi connectivity index (χ0n) is 26.9. The molecule has 4 aromatic rings. The molecule has 276 valence electrons. The summed E-state index contributed by atoms with van der Waals surface area (Å²) in [7, 11) is -7.04. The monoisotopic (exact) mass is 790 g/mol. The number of hydrogen-bond acceptors (Lipinski definition) is 11. The largest absolute Gasteiger partial charge is 0.476 e. The predicted molar refractivity (Wildman–Crippen MR) is 170 cm³/mol. The van der Waals surface area contributed by atoms with Gasteiger partial charge in [0.2, 0.25) is 5.88 Å². The van der Waals surface area contributed by atoms with E-state index in [1.165, 1.54) is 24.3 Å². The Kier molecular flexibility index (Phi) is 11.4. The van der Waals surface area contributed by atoms with E-state index in [-0.39, 0.29) is 39.8 Å². The lowest BCUT2D eigenvalue weighted by Gasteiger charge is -2.23. The van der Waals surface area contributed by atoms with Gasteiger partial charge in [-0.05, 0) is 55.9 Å². The summed E-state index contributed by atoms with van der Waals surface area (Å²) in [5, 5.41) is 24.3. The molecular weight excluding hydrogens is 766 g/mol. The van der Waals surface area contributed by atoms with Crippen LogP contribution in [0.25, 0.3) is 11.6 Å². The molecule has 4 aromatic heterocycles. The molecule has 52 heavy (non-hydrogen) atoms. The van der Waals surface area contributed by atoms with E-state index in [9.17, 15) is 48.4 Å². The van der Waals surface area contributed by atoms with Crippen molar-refractivity contribution in [2.75, 3.05) is 19.1 Å². The first-order valence-corrected chi connectivity index (χ1v) is 18.7. The fourth-order valence-electron chi connectivity index (χ4n) is 4.72. The van der Waals surface area contributed by atoms with Gasteiger partial charge in [-0.25, -0.2) is 31.5 Å². The van der Waals surface area contributed by atoms with Crippen molar-refractivity contribution in [2.45, 2.75) is 47.8 Å². The summed E-state index contributed by atoms with van der Waals surface area (Å²) < 4.78 is 131. The van der Waals surface area contributed by atoms with E-state index in [0.717, 1.165) is 73.0 Å². The van der Waals surface area contributed by atoms with Crippen LogP contribution in [0.5, 0.6) is 5.88 Å². The number of pyridine rings is 2. The topological polar surface area (TPSA) is 187 Å². The van der Waals surface area contributed by atoms with Crippen LogP contribution in [0.1, 0.15) is 48.2 Å². The number of halogens is 7. The van der Waals surface area contributed by atoms with Crippen LogP contribution in [-0.4, -0.2) is 65.5 Å². The molecule has 1 saturated carbocycles. The van der Waals surface area contributed by atoms with Crippen molar-refractivity contribution in [3.8, 4) is 29.7 Å². The van der Waals surface area contributed by atoms with Gasteiger partial charge in [0.25, 0.3) is 0 Å². The number of nitrogens with zero attached hydrogens (tertiary/aromatic N) is 8. The van der Waals surface area contributed by atoms with Gasteiger partial charge in [-0.1, -0.05) is 23.8 Å². The summed E-state index contributed by atoms with van der Waals surface area (Å²) in [6.07, 6.45) is -2.58. The molecule has 0 aliphatic heterocycles. The summed E-state index contributed by atoms with van der Waals surface area (Å²) in [4.78, 5) is 7.40. The Morgan fingerprint density at radius 1 is 0.827 bits per heavy atom. The molecule has 0 bridgehead atoms. The van der Waals surface area contributed by atoms with Crippen LogP contribution in [0, 0.1) is 28.6 Å². The molecule has 0 N–H and O–H groups in total. The third-order valence-electron chi connectivity index (χ3n) is 7.43. The Bertz CT molecular complexity index is 2280. The molecule has 13 nitrogen and oxygen atoms in total. The highest BCUT2D eigenvalue weighted by atomic mass is 35.5. The fourth-order valence-corrected chi connectivity index (χ4v) is 6.10. The first-order valence-electron chi connectivity index (χ1n) is 14.5. The normalized spacial score (nSPS) is 14.2. The Labute approximate surface area is 297 Å². The molecule has 1 aliphatic carbocycles. The first-order chi connectivity index (χ1) is 24.1. The van der Waals surface area contributed by atoms with Gasteiger partial charge < -0.3 is 4.74 Å². The van der Waals surface area contributed by atoms with Crippen LogP contribution in [0.3, 0.4) is 0 Å². The molecule has 0 aromatic carbocycles. The number of allylic oxidation sites excluding steroid dienone is 1. The molecule has 0 amide bonds. The standard InChI is InChI=1S/C19H19F3N4O3S.C11H6ClF3N4O2S/c1-12-3-5-13(6-4-12)11-29-18-15(9-23)17(19(20,21)22)25-26(18)16-8-7-14(10-24-16)30(2,27)28;1-22(20,21)6-2-3-8(17-5-6)19-10(12)7(4-16)9(18-19)11(13,14)15/h7-8,10,13H,1,3-6,11H2,2H3;2-3,5H,1H3. The smallest absolute Gasteiger partial charge is 0.436 e. The van der Waals surface area contributed by atoms with E-state index in [4.69, 9.17) is 21.6 Å². The van der Waals surface area contributed by atoms with Gasteiger partial charge in [0, 0.05) is 24.9 Å². The third-order valence-corrected chi connectivity index (χ3v) is 9.98. The lowest BCUT2D eigenvalue weighted by molar-refractivity contribution is -0.142. The Balaban J connectivity index is 0.000000244. The highest BCUT2D eigenvalue weighted by molar-refractivity contribution is 7.91. The lowest BCUT2D eigenvalue weighted by Crippen LogP contribution is -2.18. The predicted octanol–water partition coefficient (Wildman–Crippen LogP) is 5.90. The van der Waals surface area contributed by atoms with Crippen molar-refractivity contribution >= 4 is 31.3 Å². The van der Waals surface area contributed by atoms with Crippen molar-refractivity contribution in [2.24, 2.45) is 5.92 Å². The SMILES string of the molecule is C=C1CCC(COc2c(C#N)c(C(F)(F)F)nn2-c2ccc(S(C)(=O)=O)cn2)CC1.CS(=O)(=O)c1ccc(-n2nc(C(F)(F)F)c(C#N)c2Cl)nc1. The molecule has 1 aliphatic rings. The summed E-state index contributed by atoms with van der Waals surface area (Å²) in [6.45, 7) is 4.05.